The Morgan fingerprint density at radius 1 is 1.45 bits per heavy atom. The van der Waals surface area contributed by atoms with E-state index in [9.17, 15) is 0 Å². The number of hydrogen-bond donors (Lipinski definition) is 2. The van der Waals surface area contributed by atoms with Gasteiger partial charge in [0.15, 0.2) is 0 Å². The molecule has 0 rings (SSSR count). The molecule has 4 N–H and O–H groups in total. The van der Waals surface area contributed by atoms with Crippen LogP contribution in [0.1, 0.15) is 19.8 Å². The van der Waals surface area contributed by atoms with E-state index in [1.165, 1.54) is 0 Å². The van der Waals surface area contributed by atoms with Crippen LogP contribution in [0.4, 0.5) is 0 Å². The quantitative estimate of drug-likeness (QED) is 0.542. The maximum atomic E-state index is 5.41. The van der Waals surface area contributed by atoms with Crippen molar-refractivity contribution in [2.24, 2.45) is 11.5 Å². The largest absolute Gasteiger partial charge is 0.316 e. The molecule has 0 spiro atoms. The average Bonchev–Trinajstić information content (AvgIpc) is 1.98. The van der Waals surface area contributed by atoms with E-state index in [0.29, 0.717) is 0 Å². The Balaban J connectivity index is 3.21. The van der Waals surface area contributed by atoms with Crippen LogP contribution in [-0.4, -0.2) is 30.7 Å². The highest BCUT2D eigenvalue weighted by Crippen LogP contribution is 1.94. The zero-order chi connectivity index (χ0) is 8.69. The zero-order valence-electron chi connectivity index (χ0n) is 7.42. The normalized spacial score (nSPS) is 11.5. The van der Waals surface area contributed by atoms with Crippen molar-refractivity contribution in [1.29, 1.82) is 0 Å². The van der Waals surface area contributed by atoms with Crippen molar-refractivity contribution >= 4 is 0 Å². The molecule has 3 heteroatoms. The lowest BCUT2D eigenvalue weighted by Gasteiger charge is -2.17. The van der Waals surface area contributed by atoms with E-state index in [4.69, 9.17) is 11.5 Å². The molecular weight excluding hydrogens is 138 g/mol. The van der Waals surface area contributed by atoms with Gasteiger partial charge in [-0.3, -0.25) is 0 Å². The molecule has 0 aliphatic rings. The van der Waals surface area contributed by atoms with Crippen molar-refractivity contribution in [3.05, 3.63) is 6.92 Å². The van der Waals surface area contributed by atoms with E-state index in [0.717, 1.165) is 32.5 Å². The number of nitrogens with zero attached hydrogens (tertiary/aromatic N) is 1. The molecule has 0 aliphatic carbocycles. The summed E-state index contributed by atoms with van der Waals surface area (Å²) in [7, 11) is 0. The van der Waals surface area contributed by atoms with Crippen LogP contribution in [0.25, 0.3) is 0 Å². The summed E-state index contributed by atoms with van der Waals surface area (Å²) in [4.78, 5) is 2.27. The Kier molecular flexibility index (Phi) is 6.51. The molecule has 11 heavy (non-hydrogen) atoms. The first-order chi connectivity index (χ1) is 5.20. The maximum absolute atomic E-state index is 5.41. The fourth-order valence-electron chi connectivity index (χ4n) is 0.979. The third-order valence-corrected chi connectivity index (χ3v) is 1.78. The highest BCUT2D eigenvalue weighted by molar-refractivity contribution is 4.58. The van der Waals surface area contributed by atoms with Gasteiger partial charge in [-0.1, -0.05) is 6.92 Å². The summed E-state index contributed by atoms with van der Waals surface area (Å²) in [5.41, 5.74) is 10.8. The fraction of sp³-hybridized carbons (Fsp3) is 0.875. The van der Waals surface area contributed by atoms with Crippen LogP contribution in [0.3, 0.4) is 0 Å². The first-order valence-corrected chi connectivity index (χ1v) is 4.23. The highest BCUT2D eigenvalue weighted by atomic mass is 15.1. The van der Waals surface area contributed by atoms with E-state index in [1.54, 1.807) is 0 Å². The summed E-state index contributed by atoms with van der Waals surface area (Å²) in [5, 5.41) is 0. The second kappa shape index (κ2) is 6.58. The Bertz CT molecular complexity index is 79.4. The SMILES string of the molecule is [CH2]CN(CC)CCCC(N)N. The van der Waals surface area contributed by atoms with E-state index < -0.39 is 0 Å². The third kappa shape index (κ3) is 6.28. The smallest absolute Gasteiger partial charge is 0.0521 e. The molecule has 0 saturated carbocycles. The second-order valence-corrected chi connectivity index (χ2v) is 2.74. The summed E-state index contributed by atoms with van der Waals surface area (Å²) < 4.78 is 0. The van der Waals surface area contributed by atoms with Gasteiger partial charge in [0.1, 0.15) is 0 Å². The van der Waals surface area contributed by atoms with Crippen LogP contribution in [0.15, 0.2) is 0 Å². The van der Waals surface area contributed by atoms with Crippen molar-refractivity contribution < 1.29 is 0 Å². The van der Waals surface area contributed by atoms with Crippen LogP contribution >= 0.6 is 0 Å². The van der Waals surface area contributed by atoms with Gasteiger partial charge in [-0.25, -0.2) is 0 Å². The second-order valence-electron chi connectivity index (χ2n) is 2.74. The molecule has 3 nitrogen and oxygen atoms in total. The van der Waals surface area contributed by atoms with Crippen molar-refractivity contribution in [2.75, 3.05) is 19.6 Å². The summed E-state index contributed by atoms with van der Waals surface area (Å²) in [5.74, 6) is 0. The van der Waals surface area contributed by atoms with Crippen LogP contribution in [0.2, 0.25) is 0 Å². The van der Waals surface area contributed by atoms with Gasteiger partial charge in [-0.2, -0.15) is 0 Å². The standard InChI is InChI=1S/C8H20N3/c1-3-11(4-2)7-5-6-8(9)10/h8H,1,3-7,9-10H2,2H3. The summed E-state index contributed by atoms with van der Waals surface area (Å²) in [6, 6.07) is 0. The monoisotopic (exact) mass is 158 g/mol. The predicted molar refractivity (Wildman–Crippen MR) is 48.9 cm³/mol. The van der Waals surface area contributed by atoms with Gasteiger partial charge >= 0.3 is 0 Å². The molecule has 1 radical (unpaired) electrons. The first kappa shape index (κ1) is 10.9. The van der Waals surface area contributed by atoms with Gasteiger partial charge in [0.05, 0.1) is 6.17 Å². The van der Waals surface area contributed by atoms with E-state index in [1.807, 2.05) is 0 Å². The molecular formula is C8H20N3. The average molecular weight is 158 g/mol. The molecule has 0 amide bonds. The molecule has 0 saturated heterocycles. The topological polar surface area (TPSA) is 55.3 Å². The number of hydrogen-bond acceptors (Lipinski definition) is 3. The molecule has 0 heterocycles. The lowest BCUT2D eigenvalue weighted by Crippen LogP contribution is -2.32. The van der Waals surface area contributed by atoms with Gasteiger partial charge in [0, 0.05) is 0 Å². The molecule has 0 atom stereocenters. The number of rotatable bonds is 6. The van der Waals surface area contributed by atoms with Crippen molar-refractivity contribution in [3.8, 4) is 0 Å². The van der Waals surface area contributed by atoms with E-state index >= 15 is 0 Å². The minimum Gasteiger partial charge on any atom is -0.316 e. The van der Waals surface area contributed by atoms with Crippen molar-refractivity contribution in [3.63, 3.8) is 0 Å². The molecule has 0 bridgehead atoms. The lowest BCUT2D eigenvalue weighted by molar-refractivity contribution is 0.306. The summed E-state index contributed by atoms with van der Waals surface area (Å²) >= 11 is 0. The van der Waals surface area contributed by atoms with Crippen molar-refractivity contribution in [1.82, 2.24) is 4.90 Å². The Morgan fingerprint density at radius 2 is 2.09 bits per heavy atom. The van der Waals surface area contributed by atoms with Gasteiger partial charge < -0.3 is 16.4 Å². The van der Waals surface area contributed by atoms with E-state index in [-0.39, 0.29) is 6.17 Å². The van der Waals surface area contributed by atoms with Crippen molar-refractivity contribution in [2.45, 2.75) is 25.9 Å². The lowest BCUT2D eigenvalue weighted by atomic mass is 10.2. The van der Waals surface area contributed by atoms with Crippen LogP contribution in [0, 0.1) is 6.92 Å². The minimum absolute atomic E-state index is 0.154. The Morgan fingerprint density at radius 3 is 2.45 bits per heavy atom. The Hall–Kier alpha value is -0.120. The minimum atomic E-state index is -0.154. The predicted octanol–water partition coefficient (Wildman–Crippen LogP) is 0.166. The van der Waals surface area contributed by atoms with Crippen LogP contribution in [0.5, 0.6) is 0 Å². The Labute approximate surface area is 69.7 Å². The summed E-state index contributed by atoms with van der Waals surface area (Å²) in [6.45, 7) is 8.94. The maximum Gasteiger partial charge on any atom is 0.0521 e. The van der Waals surface area contributed by atoms with Gasteiger partial charge in [0.2, 0.25) is 0 Å². The molecule has 0 aliphatic heterocycles. The summed E-state index contributed by atoms with van der Waals surface area (Å²) in [6.07, 6.45) is 1.82. The molecule has 0 fully saturated rings. The highest BCUT2D eigenvalue weighted by Gasteiger charge is 1.99. The fourth-order valence-corrected chi connectivity index (χ4v) is 0.979. The third-order valence-electron chi connectivity index (χ3n) is 1.78. The molecule has 0 aromatic heterocycles. The zero-order valence-corrected chi connectivity index (χ0v) is 7.42. The van der Waals surface area contributed by atoms with Crippen LogP contribution < -0.4 is 11.5 Å². The number of nitrogens with two attached hydrogens (primary N) is 2. The van der Waals surface area contributed by atoms with Gasteiger partial charge in [0.25, 0.3) is 0 Å². The molecule has 0 aromatic carbocycles. The van der Waals surface area contributed by atoms with E-state index in [2.05, 4.69) is 18.7 Å². The first-order valence-electron chi connectivity index (χ1n) is 4.23. The molecule has 0 aromatic rings. The molecule has 67 valence electrons. The van der Waals surface area contributed by atoms with Crippen LogP contribution in [-0.2, 0) is 0 Å². The van der Waals surface area contributed by atoms with Gasteiger partial charge in [-0.05, 0) is 39.4 Å². The molecule has 0 unspecified atom stereocenters. The van der Waals surface area contributed by atoms with Gasteiger partial charge in [-0.15, -0.1) is 0 Å².